The highest BCUT2D eigenvalue weighted by atomic mass is 79.9. The summed E-state index contributed by atoms with van der Waals surface area (Å²) in [6.07, 6.45) is 0.341. The SMILES string of the molecule is O=C1C[C@H](Br)[C@@H](c2ccccc2)O1. The van der Waals surface area contributed by atoms with Crippen LogP contribution in [0.25, 0.3) is 0 Å². The second-order valence-corrected chi connectivity index (χ2v) is 4.22. The maximum atomic E-state index is 11.0. The van der Waals surface area contributed by atoms with E-state index in [2.05, 4.69) is 15.9 Å². The second kappa shape index (κ2) is 3.50. The first-order valence-corrected chi connectivity index (χ1v) is 5.07. The van der Waals surface area contributed by atoms with Crippen molar-refractivity contribution in [2.24, 2.45) is 0 Å². The minimum absolute atomic E-state index is 0.113. The van der Waals surface area contributed by atoms with Gasteiger partial charge in [-0.2, -0.15) is 0 Å². The molecule has 1 fully saturated rings. The first-order valence-electron chi connectivity index (χ1n) is 4.16. The summed E-state index contributed by atoms with van der Waals surface area (Å²) in [4.78, 5) is 11.1. The van der Waals surface area contributed by atoms with Gasteiger partial charge in [-0.15, -0.1) is 0 Å². The van der Waals surface area contributed by atoms with Crippen LogP contribution in [0.3, 0.4) is 0 Å². The van der Waals surface area contributed by atoms with Crippen LogP contribution >= 0.6 is 15.9 Å². The van der Waals surface area contributed by atoms with Crippen LogP contribution in [-0.2, 0) is 9.53 Å². The van der Waals surface area contributed by atoms with Crippen LogP contribution in [0.4, 0.5) is 0 Å². The number of benzene rings is 1. The zero-order valence-electron chi connectivity index (χ0n) is 6.94. The van der Waals surface area contributed by atoms with Crippen LogP contribution in [0.5, 0.6) is 0 Å². The van der Waals surface area contributed by atoms with E-state index in [1.807, 2.05) is 30.3 Å². The number of carbonyl (C=O) groups excluding carboxylic acids is 1. The number of alkyl halides is 1. The van der Waals surface area contributed by atoms with Crippen molar-refractivity contribution in [2.45, 2.75) is 17.4 Å². The topological polar surface area (TPSA) is 26.3 Å². The maximum Gasteiger partial charge on any atom is 0.307 e. The van der Waals surface area contributed by atoms with Gasteiger partial charge in [0.2, 0.25) is 0 Å². The molecular formula is C10H9BrO2. The Hall–Kier alpha value is -0.830. The van der Waals surface area contributed by atoms with E-state index in [-0.39, 0.29) is 16.9 Å². The second-order valence-electron chi connectivity index (χ2n) is 3.04. The van der Waals surface area contributed by atoms with Gasteiger partial charge in [0.1, 0.15) is 6.10 Å². The van der Waals surface area contributed by atoms with Gasteiger partial charge in [0.15, 0.2) is 0 Å². The number of cyclic esters (lactones) is 1. The van der Waals surface area contributed by atoms with E-state index < -0.39 is 0 Å². The molecule has 0 saturated carbocycles. The average Bonchev–Trinajstić information content (AvgIpc) is 2.47. The summed E-state index contributed by atoms with van der Waals surface area (Å²) < 4.78 is 5.17. The predicted octanol–water partition coefficient (Wildman–Crippen LogP) is 2.44. The summed E-state index contributed by atoms with van der Waals surface area (Å²) in [6.45, 7) is 0. The highest BCUT2D eigenvalue weighted by Crippen LogP contribution is 2.34. The fraction of sp³-hybridized carbons (Fsp3) is 0.300. The molecule has 0 bridgehead atoms. The van der Waals surface area contributed by atoms with E-state index in [9.17, 15) is 4.79 Å². The number of ether oxygens (including phenoxy) is 1. The van der Waals surface area contributed by atoms with Gasteiger partial charge in [-0.05, 0) is 5.56 Å². The number of hydrogen-bond donors (Lipinski definition) is 0. The third-order valence-electron chi connectivity index (χ3n) is 2.08. The van der Waals surface area contributed by atoms with Crippen molar-refractivity contribution in [1.29, 1.82) is 0 Å². The first kappa shape index (κ1) is 8.75. The monoisotopic (exact) mass is 240 g/mol. The summed E-state index contributed by atoms with van der Waals surface area (Å²) in [5, 5.41) is 0. The molecule has 1 aliphatic rings. The third kappa shape index (κ3) is 1.75. The van der Waals surface area contributed by atoms with Gasteiger partial charge < -0.3 is 4.74 Å². The lowest BCUT2D eigenvalue weighted by molar-refractivity contribution is -0.141. The summed E-state index contributed by atoms with van der Waals surface area (Å²) in [5.41, 5.74) is 1.05. The molecule has 2 nitrogen and oxygen atoms in total. The van der Waals surface area contributed by atoms with Gasteiger partial charge in [-0.25, -0.2) is 0 Å². The fourth-order valence-corrected chi connectivity index (χ4v) is 2.13. The maximum absolute atomic E-state index is 11.0. The molecule has 2 atom stereocenters. The molecule has 3 heteroatoms. The molecule has 1 aromatic carbocycles. The molecule has 13 heavy (non-hydrogen) atoms. The van der Waals surface area contributed by atoms with Gasteiger partial charge in [-0.1, -0.05) is 46.3 Å². The molecule has 1 heterocycles. The number of hydrogen-bond acceptors (Lipinski definition) is 2. The fourth-order valence-electron chi connectivity index (χ4n) is 1.45. The van der Waals surface area contributed by atoms with Gasteiger partial charge >= 0.3 is 5.97 Å². The van der Waals surface area contributed by atoms with E-state index in [1.54, 1.807) is 0 Å². The minimum atomic E-state index is -0.129. The van der Waals surface area contributed by atoms with Crippen LogP contribution in [0.1, 0.15) is 18.1 Å². The molecular weight excluding hydrogens is 232 g/mol. The Balaban J connectivity index is 2.23. The lowest BCUT2D eigenvalue weighted by Crippen LogP contribution is -2.05. The molecule has 2 rings (SSSR count). The lowest BCUT2D eigenvalue weighted by atomic mass is 10.1. The van der Waals surface area contributed by atoms with Crippen LogP contribution in [0.15, 0.2) is 30.3 Å². The largest absolute Gasteiger partial charge is 0.456 e. The van der Waals surface area contributed by atoms with Crippen LogP contribution in [0, 0.1) is 0 Å². The Kier molecular flexibility index (Phi) is 2.36. The quantitative estimate of drug-likeness (QED) is 0.557. The molecule has 0 N–H and O–H groups in total. The standard InChI is InChI=1S/C10H9BrO2/c11-8-6-9(12)13-10(8)7-4-2-1-3-5-7/h1-5,8,10H,6H2/t8-,10+/m0/s1. The first-order chi connectivity index (χ1) is 6.27. The van der Waals surface area contributed by atoms with E-state index in [0.717, 1.165) is 5.56 Å². The van der Waals surface area contributed by atoms with Crippen molar-refractivity contribution >= 4 is 21.9 Å². The molecule has 1 aromatic rings. The van der Waals surface area contributed by atoms with Gasteiger partial charge in [0.05, 0.1) is 11.2 Å². The predicted molar refractivity (Wildman–Crippen MR) is 52.6 cm³/mol. The van der Waals surface area contributed by atoms with E-state index in [0.29, 0.717) is 6.42 Å². The van der Waals surface area contributed by atoms with Crippen LogP contribution in [0.2, 0.25) is 0 Å². The molecule has 0 amide bonds. The summed E-state index contributed by atoms with van der Waals surface area (Å²) in [6, 6.07) is 9.78. The van der Waals surface area contributed by atoms with Crippen molar-refractivity contribution in [3.05, 3.63) is 35.9 Å². The molecule has 1 saturated heterocycles. The van der Waals surface area contributed by atoms with E-state index >= 15 is 0 Å². The zero-order valence-corrected chi connectivity index (χ0v) is 8.53. The molecule has 0 aromatic heterocycles. The Bertz CT molecular complexity index is 310. The Morgan fingerprint density at radius 3 is 2.54 bits per heavy atom. The normalized spacial score (nSPS) is 27.3. The molecule has 1 aliphatic heterocycles. The highest BCUT2D eigenvalue weighted by molar-refractivity contribution is 9.09. The van der Waals surface area contributed by atoms with Crippen molar-refractivity contribution < 1.29 is 9.53 Å². The van der Waals surface area contributed by atoms with Gasteiger partial charge in [0.25, 0.3) is 0 Å². The molecule has 0 spiro atoms. The van der Waals surface area contributed by atoms with Crippen LogP contribution < -0.4 is 0 Å². The van der Waals surface area contributed by atoms with Crippen molar-refractivity contribution in [3.8, 4) is 0 Å². The molecule has 0 unspecified atom stereocenters. The Morgan fingerprint density at radius 2 is 2.00 bits per heavy atom. The van der Waals surface area contributed by atoms with Crippen molar-refractivity contribution in [1.82, 2.24) is 0 Å². The zero-order chi connectivity index (χ0) is 9.26. The minimum Gasteiger partial charge on any atom is -0.456 e. The van der Waals surface area contributed by atoms with E-state index in [4.69, 9.17) is 4.74 Å². The smallest absolute Gasteiger partial charge is 0.307 e. The number of esters is 1. The Morgan fingerprint density at radius 1 is 1.31 bits per heavy atom. The average molecular weight is 241 g/mol. The molecule has 0 radical (unpaired) electrons. The molecule has 68 valence electrons. The van der Waals surface area contributed by atoms with Crippen molar-refractivity contribution in [3.63, 3.8) is 0 Å². The lowest BCUT2D eigenvalue weighted by Gasteiger charge is -2.12. The number of halogens is 1. The van der Waals surface area contributed by atoms with Crippen molar-refractivity contribution in [2.75, 3.05) is 0 Å². The molecule has 0 aliphatic carbocycles. The third-order valence-corrected chi connectivity index (χ3v) is 2.88. The Labute approximate surface area is 85.0 Å². The highest BCUT2D eigenvalue weighted by Gasteiger charge is 2.33. The van der Waals surface area contributed by atoms with E-state index in [1.165, 1.54) is 0 Å². The summed E-state index contributed by atoms with van der Waals surface area (Å²) >= 11 is 3.44. The summed E-state index contributed by atoms with van der Waals surface area (Å²) in [5.74, 6) is -0.129. The van der Waals surface area contributed by atoms with Crippen LogP contribution in [-0.4, -0.2) is 10.8 Å². The van der Waals surface area contributed by atoms with Gasteiger partial charge in [-0.3, -0.25) is 4.79 Å². The summed E-state index contributed by atoms with van der Waals surface area (Å²) in [7, 11) is 0. The number of rotatable bonds is 1. The van der Waals surface area contributed by atoms with Gasteiger partial charge in [0, 0.05) is 0 Å². The number of carbonyl (C=O) groups is 1.